The van der Waals surface area contributed by atoms with E-state index in [1.54, 1.807) is 24.3 Å². The summed E-state index contributed by atoms with van der Waals surface area (Å²) in [6, 6.07) is 17.7. The average Bonchev–Trinajstić information content (AvgIpc) is 3.12. The molecule has 1 heterocycles. The lowest BCUT2D eigenvalue weighted by molar-refractivity contribution is -0.112. The van der Waals surface area contributed by atoms with Crippen LogP contribution in [0.5, 0.6) is 0 Å². The summed E-state index contributed by atoms with van der Waals surface area (Å²) in [5.41, 5.74) is 2.21. The van der Waals surface area contributed by atoms with E-state index in [0.717, 1.165) is 6.26 Å². The van der Waals surface area contributed by atoms with Gasteiger partial charge in [0.2, 0.25) is 0 Å². The zero-order valence-corrected chi connectivity index (χ0v) is 18.8. The molecule has 0 unspecified atom stereocenters. The van der Waals surface area contributed by atoms with Crippen LogP contribution in [0.4, 0.5) is 14.5 Å². The third kappa shape index (κ3) is 4.62. The molecule has 0 bridgehead atoms. The fourth-order valence-corrected chi connectivity index (χ4v) is 4.12. The first kappa shape index (κ1) is 23.3. The molecule has 4 nitrogen and oxygen atoms in total. The molecule has 1 aliphatic heterocycles. The summed E-state index contributed by atoms with van der Waals surface area (Å²) in [7, 11) is -3.37. The monoisotopic (exact) mass is 455 g/mol. The Morgan fingerprint density at radius 1 is 0.812 bits per heavy atom. The number of carbonyl (C=O) groups is 1. The van der Waals surface area contributed by atoms with Crippen molar-refractivity contribution in [2.75, 3.05) is 17.7 Å². The summed E-state index contributed by atoms with van der Waals surface area (Å²) < 4.78 is 51.3. The van der Waals surface area contributed by atoms with Crippen LogP contribution in [0.2, 0.25) is 0 Å². The number of benzene rings is 3. The number of rotatable bonds is 4. The third-order valence-corrected chi connectivity index (χ3v) is 6.11. The summed E-state index contributed by atoms with van der Waals surface area (Å²) in [5, 5.41) is 0. The molecule has 7 heteroatoms. The van der Waals surface area contributed by atoms with Gasteiger partial charge in [0.25, 0.3) is 5.91 Å². The third-order valence-electron chi connectivity index (χ3n) is 4.98. The standard InChI is InChI=1S/C23H17F2NO3S.C2H6/c1-30(28,29)18-12-8-15(9-13-18)19-14-26(21-5-3-2-4-20(21)25)23(27)22(19)16-6-10-17(24)11-7-16;1-2/h2-13H,14H2,1H3;1-2H3. The molecule has 1 amide bonds. The predicted octanol–water partition coefficient (Wildman–Crippen LogP) is 5.35. The molecule has 0 N–H and O–H groups in total. The van der Waals surface area contributed by atoms with Crippen molar-refractivity contribution in [1.29, 1.82) is 0 Å². The van der Waals surface area contributed by atoms with Crippen molar-refractivity contribution in [2.24, 2.45) is 0 Å². The van der Waals surface area contributed by atoms with Crippen LogP contribution in [0, 0.1) is 11.6 Å². The summed E-state index contributed by atoms with van der Waals surface area (Å²) in [6.07, 6.45) is 1.12. The van der Waals surface area contributed by atoms with Crippen LogP contribution in [0.15, 0.2) is 77.7 Å². The Morgan fingerprint density at radius 2 is 1.38 bits per heavy atom. The highest BCUT2D eigenvalue weighted by Crippen LogP contribution is 2.38. The topological polar surface area (TPSA) is 54.5 Å². The van der Waals surface area contributed by atoms with Gasteiger partial charge in [0.05, 0.1) is 22.7 Å². The quantitative estimate of drug-likeness (QED) is 0.533. The fourth-order valence-electron chi connectivity index (χ4n) is 3.49. The first-order chi connectivity index (χ1) is 15.3. The van der Waals surface area contributed by atoms with Crippen molar-refractivity contribution in [3.8, 4) is 0 Å². The van der Waals surface area contributed by atoms with Gasteiger partial charge in [-0.15, -0.1) is 0 Å². The molecule has 0 spiro atoms. The summed E-state index contributed by atoms with van der Waals surface area (Å²) in [5.74, 6) is -1.37. The van der Waals surface area contributed by atoms with Crippen molar-refractivity contribution < 1.29 is 22.0 Å². The van der Waals surface area contributed by atoms with Crippen LogP contribution in [0.1, 0.15) is 25.0 Å². The van der Waals surface area contributed by atoms with E-state index in [0.29, 0.717) is 22.3 Å². The molecule has 4 rings (SSSR count). The minimum absolute atomic E-state index is 0.102. The lowest BCUT2D eigenvalue weighted by Gasteiger charge is -2.18. The van der Waals surface area contributed by atoms with Crippen molar-refractivity contribution in [3.63, 3.8) is 0 Å². The lowest BCUT2D eigenvalue weighted by Crippen LogP contribution is -2.27. The minimum atomic E-state index is -3.37. The maximum Gasteiger partial charge on any atom is 0.259 e. The highest BCUT2D eigenvalue weighted by molar-refractivity contribution is 7.90. The van der Waals surface area contributed by atoms with Crippen LogP contribution in [-0.4, -0.2) is 27.1 Å². The molecule has 3 aromatic carbocycles. The van der Waals surface area contributed by atoms with E-state index in [9.17, 15) is 22.0 Å². The number of sulfone groups is 1. The van der Waals surface area contributed by atoms with Crippen molar-refractivity contribution in [1.82, 2.24) is 0 Å². The average molecular weight is 456 g/mol. The Bertz CT molecular complexity index is 1270. The van der Waals surface area contributed by atoms with Gasteiger partial charge in [-0.05, 0) is 53.1 Å². The summed E-state index contributed by atoms with van der Waals surface area (Å²) >= 11 is 0. The Hall–Kier alpha value is -3.32. The van der Waals surface area contributed by atoms with Gasteiger partial charge in [-0.1, -0.05) is 50.2 Å². The van der Waals surface area contributed by atoms with Gasteiger partial charge in [-0.25, -0.2) is 17.2 Å². The normalized spacial score (nSPS) is 13.8. The second kappa shape index (κ2) is 9.44. The van der Waals surface area contributed by atoms with Crippen molar-refractivity contribution in [3.05, 3.63) is 95.6 Å². The van der Waals surface area contributed by atoms with Crippen LogP contribution in [-0.2, 0) is 14.6 Å². The van der Waals surface area contributed by atoms with E-state index in [1.165, 1.54) is 53.4 Å². The van der Waals surface area contributed by atoms with Gasteiger partial charge in [0, 0.05) is 6.26 Å². The molecule has 0 atom stereocenters. The van der Waals surface area contributed by atoms with Crippen molar-refractivity contribution >= 4 is 32.6 Å². The predicted molar refractivity (Wildman–Crippen MR) is 123 cm³/mol. The van der Waals surface area contributed by atoms with Gasteiger partial charge in [-0.3, -0.25) is 4.79 Å². The number of halogens is 2. The molecule has 166 valence electrons. The SMILES string of the molecule is CC.CS(=O)(=O)c1ccc(C2=C(c3ccc(F)cc3)C(=O)N(c3ccccc3F)C2)cc1. The van der Waals surface area contributed by atoms with Gasteiger partial charge >= 0.3 is 0 Å². The molecule has 1 aliphatic rings. The second-order valence-electron chi connectivity index (χ2n) is 7.00. The number of hydrogen-bond donors (Lipinski definition) is 0. The van der Waals surface area contributed by atoms with Crippen LogP contribution in [0.3, 0.4) is 0 Å². The van der Waals surface area contributed by atoms with E-state index in [4.69, 9.17) is 0 Å². The van der Waals surface area contributed by atoms with E-state index in [-0.39, 0.29) is 17.1 Å². The van der Waals surface area contributed by atoms with E-state index >= 15 is 0 Å². The lowest BCUT2D eigenvalue weighted by atomic mass is 9.97. The van der Waals surface area contributed by atoms with E-state index in [2.05, 4.69) is 0 Å². The second-order valence-corrected chi connectivity index (χ2v) is 9.02. The highest BCUT2D eigenvalue weighted by Gasteiger charge is 2.34. The Balaban J connectivity index is 0.00000141. The van der Waals surface area contributed by atoms with Crippen LogP contribution >= 0.6 is 0 Å². The van der Waals surface area contributed by atoms with E-state index in [1.807, 2.05) is 13.8 Å². The van der Waals surface area contributed by atoms with Gasteiger partial charge < -0.3 is 4.90 Å². The Labute approximate surface area is 186 Å². The zero-order chi connectivity index (χ0) is 23.5. The number of para-hydroxylation sites is 1. The summed E-state index contributed by atoms with van der Waals surface area (Å²) in [4.78, 5) is 14.8. The highest BCUT2D eigenvalue weighted by atomic mass is 32.2. The Morgan fingerprint density at radius 3 is 1.94 bits per heavy atom. The van der Waals surface area contributed by atoms with E-state index < -0.39 is 27.4 Å². The first-order valence-corrected chi connectivity index (χ1v) is 12.0. The number of amides is 1. The zero-order valence-electron chi connectivity index (χ0n) is 18.0. The molecule has 0 saturated carbocycles. The van der Waals surface area contributed by atoms with Gasteiger partial charge in [-0.2, -0.15) is 0 Å². The molecule has 0 fully saturated rings. The molecule has 3 aromatic rings. The molecule has 0 aliphatic carbocycles. The smallest absolute Gasteiger partial charge is 0.259 e. The van der Waals surface area contributed by atoms with Crippen LogP contribution in [0.25, 0.3) is 11.1 Å². The number of hydrogen-bond acceptors (Lipinski definition) is 3. The van der Waals surface area contributed by atoms with Crippen LogP contribution < -0.4 is 4.90 Å². The molecule has 0 saturated heterocycles. The molecule has 0 radical (unpaired) electrons. The number of carbonyl (C=O) groups excluding carboxylic acids is 1. The first-order valence-electron chi connectivity index (χ1n) is 10.1. The maximum absolute atomic E-state index is 14.4. The molecule has 32 heavy (non-hydrogen) atoms. The Kier molecular flexibility index (Phi) is 6.89. The summed E-state index contributed by atoms with van der Waals surface area (Å²) in [6.45, 7) is 4.10. The minimum Gasteiger partial charge on any atom is -0.301 e. The maximum atomic E-state index is 14.4. The largest absolute Gasteiger partial charge is 0.301 e. The van der Waals surface area contributed by atoms with Gasteiger partial charge in [0.15, 0.2) is 9.84 Å². The number of anilines is 1. The molecule has 0 aromatic heterocycles. The number of nitrogens with zero attached hydrogens (tertiary/aromatic N) is 1. The van der Waals surface area contributed by atoms with Crippen molar-refractivity contribution in [2.45, 2.75) is 18.7 Å². The molecular weight excluding hydrogens is 432 g/mol. The fraction of sp³-hybridized carbons (Fsp3) is 0.160. The molecular formula is C25H23F2NO3S. The van der Waals surface area contributed by atoms with Gasteiger partial charge in [0.1, 0.15) is 11.6 Å².